The van der Waals surface area contributed by atoms with Gasteiger partial charge in [0.1, 0.15) is 6.10 Å². The van der Waals surface area contributed by atoms with Crippen LogP contribution in [0.3, 0.4) is 0 Å². The van der Waals surface area contributed by atoms with Crippen molar-refractivity contribution in [2.24, 2.45) is 0 Å². The standard InChI is InChI=1S/C12H12BrN3O2/c13-7-3-4-9(14)8(6-7)12-15-11(16-18-12)10-2-1-5-17-10/h3-4,6,10H,1-2,5,14H2. The Labute approximate surface area is 112 Å². The predicted molar refractivity (Wildman–Crippen MR) is 69.8 cm³/mol. The van der Waals surface area contributed by atoms with Crippen molar-refractivity contribution in [3.63, 3.8) is 0 Å². The second kappa shape index (κ2) is 4.70. The van der Waals surface area contributed by atoms with Crippen LogP contribution in [0, 0.1) is 0 Å². The third-order valence-electron chi connectivity index (χ3n) is 2.91. The molecule has 1 aromatic carbocycles. The minimum atomic E-state index is -0.0455. The maximum Gasteiger partial charge on any atom is 0.260 e. The Morgan fingerprint density at radius 3 is 3.06 bits per heavy atom. The predicted octanol–water partition coefficient (Wildman–Crippen LogP) is 2.93. The molecule has 1 fully saturated rings. The molecule has 1 aliphatic heterocycles. The highest BCUT2D eigenvalue weighted by Crippen LogP contribution is 2.31. The van der Waals surface area contributed by atoms with Crippen molar-refractivity contribution in [3.05, 3.63) is 28.5 Å². The van der Waals surface area contributed by atoms with Crippen LogP contribution in [-0.2, 0) is 4.74 Å². The Morgan fingerprint density at radius 2 is 2.28 bits per heavy atom. The molecule has 1 aliphatic rings. The zero-order chi connectivity index (χ0) is 12.5. The van der Waals surface area contributed by atoms with Gasteiger partial charge in [-0.25, -0.2) is 0 Å². The molecular weight excluding hydrogens is 298 g/mol. The van der Waals surface area contributed by atoms with Gasteiger partial charge in [0.2, 0.25) is 5.82 Å². The highest BCUT2D eigenvalue weighted by Gasteiger charge is 2.24. The van der Waals surface area contributed by atoms with E-state index in [9.17, 15) is 0 Å². The number of benzene rings is 1. The van der Waals surface area contributed by atoms with Crippen molar-refractivity contribution < 1.29 is 9.26 Å². The summed E-state index contributed by atoms with van der Waals surface area (Å²) < 4.78 is 11.7. The fourth-order valence-electron chi connectivity index (χ4n) is 1.97. The number of aromatic nitrogens is 2. The summed E-state index contributed by atoms with van der Waals surface area (Å²) >= 11 is 3.40. The molecule has 2 heterocycles. The normalized spacial score (nSPS) is 19.3. The third-order valence-corrected chi connectivity index (χ3v) is 3.40. The van der Waals surface area contributed by atoms with Crippen molar-refractivity contribution in [3.8, 4) is 11.5 Å². The fourth-order valence-corrected chi connectivity index (χ4v) is 2.33. The number of rotatable bonds is 2. The van der Waals surface area contributed by atoms with E-state index in [1.54, 1.807) is 6.07 Å². The molecule has 1 atom stereocenters. The first-order valence-corrected chi connectivity index (χ1v) is 6.54. The van der Waals surface area contributed by atoms with Crippen LogP contribution < -0.4 is 5.73 Å². The molecule has 1 saturated heterocycles. The number of hydrogen-bond acceptors (Lipinski definition) is 5. The summed E-state index contributed by atoms with van der Waals surface area (Å²) in [5.41, 5.74) is 7.25. The zero-order valence-corrected chi connectivity index (χ0v) is 11.2. The van der Waals surface area contributed by atoms with Crippen LogP contribution in [0.5, 0.6) is 0 Å². The van der Waals surface area contributed by atoms with E-state index in [1.165, 1.54) is 0 Å². The van der Waals surface area contributed by atoms with Gasteiger partial charge in [-0.15, -0.1) is 0 Å². The molecule has 1 unspecified atom stereocenters. The van der Waals surface area contributed by atoms with E-state index >= 15 is 0 Å². The Bertz CT molecular complexity index is 564. The van der Waals surface area contributed by atoms with Gasteiger partial charge in [0.25, 0.3) is 5.89 Å². The molecule has 2 N–H and O–H groups in total. The van der Waals surface area contributed by atoms with Crippen LogP contribution >= 0.6 is 15.9 Å². The molecule has 0 saturated carbocycles. The largest absolute Gasteiger partial charge is 0.398 e. The number of nitrogens with zero attached hydrogens (tertiary/aromatic N) is 2. The van der Waals surface area contributed by atoms with Gasteiger partial charge in [-0.1, -0.05) is 21.1 Å². The summed E-state index contributed by atoms with van der Waals surface area (Å²) in [7, 11) is 0. The van der Waals surface area contributed by atoms with E-state index in [0.29, 0.717) is 17.4 Å². The number of halogens is 1. The topological polar surface area (TPSA) is 74.2 Å². The quantitative estimate of drug-likeness (QED) is 0.863. The molecule has 3 rings (SSSR count). The van der Waals surface area contributed by atoms with Gasteiger partial charge in [0.05, 0.1) is 5.56 Å². The second-order valence-corrected chi connectivity index (χ2v) is 5.11. The smallest absolute Gasteiger partial charge is 0.260 e. The number of anilines is 1. The van der Waals surface area contributed by atoms with Crippen LogP contribution in [0.25, 0.3) is 11.5 Å². The van der Waals surface area contributed by atoms with Crippen molar-refractivity contribution in [1.82, 2.24) is 10.1 Å². The first kappa shape index (κ1) is 11.7. The minimum Gasteiger partial charge on any atom is -0.398 e. The third kappa shape index (κ3) is 2.13. The molecule has 0 spiro atoms. The Kier molecular flexibility index (Phi) is 3.05. The first-order valence-electron chi connectivity index (χ1n) is 5.74. The van der Waals surface area contributed by atoms with Gasteiger partial charge in [0.15, 0.2) is 0 Å². The maximum absolute atomic E-state index is 5.90. The van der Waals surface area contributed by atoms with Gasteiger partial charge in [0, 0.05) is 16.8 Å². The summed E-state index contributed by atoms with van der Waals surface area (Å²) in [6.45, 7) is 0.758. The van der Waals surface area contributed by atoms with E-state index in [-0.39, 0.29) is 6.10 Å². The summed E-state index contributed by atoms with van der Waals surface area (Å²) in [4.78, 5) is 4.36. The van der Waals surface area contributed by atoms with Crippen LogP contribution in [-0.4, -0.2) is 16.7 Å². The molecule has 0 bridgehead atoms. The van der Waals surface area contributed by atoms with Gasteiger partial charge in [-0.2, -0.15) is 4.98 Å². The lowest BCUT2D eigenvalue weighted by molar-refractivity contribution is 0.103. The summed E-state index contributed by atoms with van der Waals surface area (Å²) in [6, 6.07) is 5.54. The summed E-state index contributed by atoms with van der Waals surface area (Å²) in [5, 5.41) is 3.96. The zero-order valence-electron chi connectivity index (χ0n) is 9.60. The Hall–Kier alpha value is -1.40. The molecule has 0 radical (unpaired) electrons. The molecule has 94 valence electrons. The Balaban J connectivity index is 1.94. The van der Waals surface area contributed by atoms with E-state index in [0.717, 1.165) is 29.5 Å². The van der Waals surface area contributed by atoms with Crippen molar-refractivity contribution >= 4 is 21.6 Å². The molecule has 5 nitrogen and oxygen atoms in total. The number of ether oxygens (including phenoxy) is 1. The van der Waals surface area contributed by atoms with Gasteiger partial charge < -0.3 is 15.0 Å². The molecule has 2 aromatic rings. The average molecular weight is 310 g/mol. The van der Waals surface area contributed by atoms with Gasteiger partial charge in [-0.05, 0) is 31.0 Å². The number of nitrogen functional groups attached to an aromatic ring is 1. The van der Waals surface area contributed by atoms with Crippen molar-refractivity contribution in [2.45, 2.75) is 18.9 Å². The van der Waals surface area contributed by atoms with Crippen molar-refractivity contribution in [2.75, 3.05) is 12.3 Å². The number of hydrogen-bond donors (Lipinski definition) is 1. The van der Waals surface area contributed by atoms with E-state index in [4.69, 9.17) is 15.0 Å². The molecule has 18 heavy (non-hydrogen) atoms. The van der Waals surface area contributed by atoms with Crippen LogP contribution in [0.4, 0.5) is 5.69 Å². The molecule has 1 aromatic heterocycles. The number of nitrogens with two attached hydrogens (primary N) is 1. The molecular formula is C12H12BrN3O2. The monoisotopic (exact) mass is 309 g/mol. The highest BCUT2D eigenvalue weighted by molar-refractivity contribution is 9.10. The SMILES string of the molecule is Nc1ccc(Br)cc1-c1nc(C2CCCO2)no1. The maximum atomic E-state index is 5.90. The van der Waals surface area contributed by atoms with E-state index in [1.807, 2.05) is 12.1 Å². The lowest BCUT2D eigenvalue weighted by Crippen LogP contribution is -1.98. The summed E-state index contributed by atoms with van der Waals surface area (Å²) in [6.07, 6.45) is 1.93. The minimum absolute atomic E-state index is 0.0455. The molecule has 0 amide bonds. The highest BCUT2D eigenvalue weighted by atomic mass is 79.9. The van der Waals surface area contributed by atoms with Crippen LogP contribution in [0.2, 0.25) is 0 Å². The summed E-state index contributed by atoms with van der Waals surface area (Å²) in [5.74, 6) is 1.03. The van der Waals surface area contributed by atoms with Crippen LogP contribution in [0.15, 0.2) is 27.2 Å². The van der Waals surface area contributed by atoms with Gasteiger partial charge in [-0.3, -0.25) is 0 Å². The van der Waals surface area contributed by atoms with Gasteiger partial charge >= 0.3 is 0 Å². The lowest BCUT2D eigenvalue weighted by Gasteiger charge is -2.02. The fraction of sp³-hybridized carbons (Fsp3) is 0.333. The van der Waals surface area contributed by atoms with Crippen LogP contribution in [0.1, 0.15) is 24.8 Å². The Morgan fingerprint density at radius 1 is 1.39 bits per heavy atom. The average Bonchev–Trinajstić information content (AvgIpc) is 3.00. The first-order chi connectivity index (χ1) is 8.74. The molecule has 0 aliphatic carbocycles. The van der Waals surface area contributed by atoms with Crippen molar-refractivity contribution in [1.29, 1.82) is 0 Å². The lowest BCUT2D eigenvalue weighted by atomic mass is 10.2. The van der Waals surface area contributed by atoms with E-state index in [2.05, 4.69) is 26.1 Å². The molecule has 6 heteroatoms. The second-order valence-electron chi connectivity index (χ2n) is 4.19. The van der Waals surface area contributed by atoms with E-state index < -0.39 is 0 Å².